The molecule has 1 saturated carbocycles. The molecular formula is C21H23F3N8O. The van der Waals surface area contributed by atoms with Gasteiger partial charge in [0.05, 0.1) is 18.0 Å². The number of piperidine rings is 2. The zero-order valence-electron chi connectivity index (χ0n) is 17.8. The van der Waals surface area contributed by atoms with Gasteiger partial charge in [-0.3, -0.25) is 9.88 Å². The van der Waals surface area contributed by atoms with Crippen LogP contribution in [0.2, 0.25) is 0 Å². The van der Waals surface area contributed by atoms with E-state index in [1.807, 2.05) is 24.0 Å². The van der Waals surface area contributed by atoms with Gasteiger partial charge in [-0.25, -0.2) is 9.97 Å². The normalized spacial score (nSPS) is 24.1. The van der Waals surface area contributed by atoms with Crippen molar-refractivity contribution in [2.24, 2.45) is 5.92 Å². The highest BCUT2D eigenvalue weighted by molar-refractivity contribution is 5.37. The van der Waals surface area contributed by atoms with Crippen LogP contribution in [0.5, 0.6) is 0 Å². The molecule has 3 fully saturated rings. The van der Waals surface area contributed by atoms with Crippen molar-refractivity contribution in [2.75, 3.05) is 11.9 Å². The summed E-state index contributed by atoms with van der Waals surface area (Å²) >= 11 is 0. The fourth-order valence-corrected chi connectivity index (χ4v) is 4.81. The van der Waals surface area contributed by atoms with Gasteiger partial charge in [0.15, 0.2) is 6.23 Å². The van der Waals surface area contributed by atoms with Crippen LogP contribution in [0.1, 0.15) is 42.4 Å². The third-order valence-corrected chi connectivity index (χ3v) is 6.35. The van der Waals surface area contributed by atoms with Crippen LogP contribution in [-0.2, 0) is 6.18 Å². The van der Waals surface area contributed by atoms with E-state index >= 15 is 0 Å². The summed E-state index contributed by atoms with van der Waals surface area (Å²) in [5.41, 5.74) is 0.925. The van der Waals surface area contributed by atoms with Crippen LogP contribution in [0.4, 0.5) is 19.1 Å². The van der Waals surface area contributed by atoms with E-state index in [4.69, 9.17) is 0 Å². The summed E-state index contributed by atoms with van der Waals surface area (Å²) in [6.07, 6.45) is 1.89. The molecule has 3 aromatic rings. The maximum Gasteiger partial charge on any atom is 0.419 e. The number of hydrogen-bond acceptors (Lipinski definition) is 8. The molecule has 33 heavy (non-hydrogen) atoms. The molecular weight excluding hydrogens is 437 g/mol. The number of nitrogens with one attached hydrogen (secondary N) is 1. The third kappa shape index (κ3) is 4.27. The van der Waals surface area contributed by atoms with E-state index < -0.39 is 18.0 Å². The minimum atomic E-state index is -4.48. The molecule has 2 saturated heterocycles. The van der Waals surface area contributed by atoms with Crippen molar-refractivity contribution in [1.82, 2.24) is 34.8 Å². The number of aliphatic hydroxyl groups is 1. The van der Waals surface area contributed by atoms with Gasteiger partial charge in [0.1, 0.15) is 11.4 Å². The van der Waals surface area contributed by atoms with Gasteiger partial charge in [-0.15, -0.1) is 4.80 Å². The fraction of sp³-hybridized carbons (Fsp3) is 0.476. The predicted molar refractivity (Wildman–Crippen MR) is 111 cm³/mol. The summed E-state index contributed by atoms with van der Waals surface area (Å²) in [6, 6.07) is 3.50. The average Bonchev–Trinajstić information content (AvgIpc) is 3.33. The first-order valence-electron chi connectivity index (χ1n) is 10.7. The van der Waals surface area contributed by atoms with Crippen LogP contribution in [0, 0.1) is 12.8 Å². The van der Waals surface area contributed by atoms with E-state index in [9.17, 15) is 18.3 Å². The van der Waals surface area contributed by atoms with E-state index in [1.54, 1.807) is 12.4 Å². The summed E-state index contributed by atoms with van der Waals surface area (Å²) in [7, 11) is 0. The quantitative estimate of drug-likeness (QED) is 0.599. The molecule has 4 atom stereocenters. The molecule has 0 aromatic carbocycles. The van der Waals surface area contributed by atoms with Crippen LogP contribution >= 0.6 is 0 Å². The second kappa shape index (κ2) is 8.34. The second-order valence-electron chi connectivity index (χ2n) is 8.54. The Balaban J connectivity index is 1.39. The van der Waals surface area contributed by atoms with Crippen LogP contribution in [0.3, 0.4) is 0 Å². The van der Waals surface area contributed by atoms with E-state index in [0.29, 0.717) is 23.8 Å². The number of anilines is 1. The number of halogens is 3. The minimum absolute atomic E-state index is 0.0587. The van der Waals surface area contributed by atoms with Gasteiger partial charge in [-0.05, 0) is 44.2 Å². The monoisotopic (exact) mass is 460 g/mol. The number of nitrogens with zero attached hydrogens (tertiary/aromatic N) is 7. The molecule has 0 amide bonds. The molecule has 174 valence electrons. The van der Waals surface area contributed by atoms with E-state index in [2.05, 4.69) is 30.5 Å². The summed E-state index contributed by atoms with van der Waals surface area (Å²) in [6.45, 7) is 2.55. The number of pyridine rings is 1. The number of fused-ring (bicyclic) bond motifs is 3. The first-order chi connectivity index (χ1) is 15.8. The highest BCUT2D eigenvalue weighted by Crippen LogP contribution is 2.40. The van der Waals surface area contributed by atoms with Crippen molar-refractivity contribution in [3.05, 3.63) is 53.9 Å². The van der Waals surface area contributed by atoms with E-state index in [1.165, 1.54) is 4.80 Å². The summed E-state index contributed by atoms with van der Waals surface area (Å²) in [4.78, 5) is 15.7. The highest BCUT2D eigenvalue weighted by Gasteiger charge is 2.44. The Kier molecular flexibility index (Phi) is 5.49. The fourth-order valence-electron chi connectivity index (χ4n) is 4.81. The number of aliphatic hydroxyl groups excluding tert-OH is 1. The van der Waals surface area contributed by atoms with Crippen molar-refractivity contribution >= 4 is 5.95 Å². The first kappa shape index (κ1) is 21.7. The summed E-state index contributed by atoms with van der Waals surface area (Å²) < 4.78 is 38.4. The molecule has 3 aliphatic rings. The summed E-state index contributed by atoms with van der Waals surface area (Å²) in [5.74, 6) is 0.470. The number of aromatic nitrogens is 6. The van der Waals surface area contributed by atoms with Crippen LogP contribution in [0.15, 0.2) is 36.9 Å². The average molecular weight is 460 g/mol. The SMILES string of the molecule is Cc1ccc(-n2nccn2)c(C(O)N2CC3CCC2C(Nc2ncc(C(F)(F)F)cn2)C3)n1. The van der Waals surface area contributed by atoms with Gasteiger partial charge in [0, 0.05) is 36.7 Å². The Bertz CT molecular complexity index is 1110. The van der Waals surface area contributed by atoms with Crippen molar-refractivity contribution in [3.63, 3.8) is 0 Å². The molecule has 2 aliphatic heterocycles. The molecule has 4 unspecified atom stereocenters. The summed E-state index contributed by atoms with van der Waals surface area (Å²) in [5, 5.41) is 22.9. The maximum absolute atomic E-state index is 12.8. The number of aryl methyl sites for hydroxylation is 1. The lowest BCUT2D eigenvalue weighted by Crippen LogP contribution is -2.59. The Morgan fingerprint density at radius 3 is 2.52 bits per heavy atom. The third-order valence-electron chi connectivity index (χ3n) is 6.35. The van der Waals surface area contributed by atoms with Gasteiger partial charge >= 0.3 is 6.18 Å². The van der Waals surface area contributed by atoms with Gasteiger partial charge in [0.2, 0.25) is 5.95 Å². The molecule has 0 radical (unpaired) electrons. The predicted octanol–water partition coefficient (Wildman–Crippen LogP) is 2.74. The molecule has 12 heteroatoms. The van der Waals surface area contributed by atoms with Crippen molar-refractivity contribution in [3.8, 4) is 5.69 Å². The molecule has 6 rings (SSSR count). The molecule has 0 spiro atoms. The molecule has 5 heterocycles. The largest absolute Gasteiger partial charge is 0.419 e. The van der Waals surface area contributed by atoms with Crippen molar-refractivity contribution in [1.29, 1.82) is 0 Å². The van der Waals surface area contributed by atoms with E-state index in [-0.39, 0.29) is 18.0 Å². The smallest absolute Gasteiger partial charge is 0.372 e. The molecule has 2 N–H and O–H groups in total. The van der Waals surface area contributed by atoms with Gasteiger partial charge in [-0.1, -0.05) is 0 Å². The van der Waals surface area contributed by atoms with E-state index in [0.717, 1.165) is 37.4 Å². The van der Waals surface area contributed by atoms with Crippen LogP contribution in [-0.4, -0.2) is 58.6 Å². The minimum Gasteiger partial charge on any atom is -0.372 e. The lowest BCUT2D eigenvalue weighted by molar-refractivity contribution is -0.138. The second-order valence-corrected chi connectivity index (χ2v) is 8.54. The molecule has 1 aliphatic carbocycles. The Morgan fingerprint density at radius 2 is 1.85 bits per heavy atom. The first-order valence-corrected chi connectivity index (χ1v) is 10.7. The molecule has 2 bridgehead atoms. The zero-order chi connectivity index (χ0) is 23.2. The number of rotatable bonds is 5. The maximum atomic E-state index is 12.8. The Hall–Kier alpha value is -3.12. The van der Waals surface area contributed by atoms with Crippen LogP contribution < -0.4 is 5.32 Å². The number of hydrogen-bond donors (Lipinski definition) is 2. The number of alkyl halides is 3. The molecule has 3 aromatic heterocycles. The Labute approximate surface area is 187 Å². The topological polar surface area (TPSA) is 105 Å². The van der Waals surface area contributed by atoms with Gasteiger partial charge < -0.3 is 10.4 Å². The Morgan fingerprint density at radius 1 is 1.12 bits per heavy atom. The van der Waals surface area contributed by atoms with Gasteiger partial charge in [-0.2, -0.15) is 23.4 Å². The van der Waals surface area contributed by atoms with Crippen molar-refractivity contribution < 1.29 is 18.3 Å². The van der Waals surface area contributed by atoms with Crippen molar-refractivity contribution in [2.45, 2.75) is 50.7 Å². The highest BCUT2D eigenvalue weighted by atomic mass is 19.4. The molecule has 9 nitrogen and oxygen atoms in total. The van der Waals surface area contributed by atoms with Gasteiger partial charge in [0.25, 0.3) is 0 Å². The lowest BCUT2D eigenvalue weighted by atomic mass is 9.76. The zero-order valence-corrected chi connectivity index (χ0v) is 17.8. The van der Waals surface area contributed by atoms with Crippen LogP contribution in [0.25, 0.3) is 5.69 Å². The standard InChI is InChI=1S/C21H23F3N8O/c1-12-2-4-17(32-27-6-7-28-32)18(29-12)19(33)31-11-13-3-5-16(31)15(8-13)30-20-25-9-14(10-26-20)21(22,23)24/h2,4,6-7,9-10,13,15-16,19,33H,3,5,8,11H2,1H3,(H,25,26,30). The lowest BCUT2D eigenvalue weighted by Gasteiger charge is -2.51.